The molecular weight excluding hydrogens is 280 g/mol. The molecule has 2 nitrogen and oxygen atoms in total. The van der Waals surface area contributed by atoms with Gasteiger partial charge in [-0.1, -0.05) is 44.5 Å². The molecule has 2 atom stereocenters. The first-order valence-corrected chi connectivity index (χ1v) is 8.46. The minimum Gasteiger partial charge on any atom is -0.316 e. The molecule has 0 bridgehead atoms. The second-order valence-electron chi connectivity index (χ2n) is 6.48. The molecule has 0 aliphatic carbocycles. The zero-order valence-corrected chi connectivity index (χ0v) is 15.0. The molecule has 0 heterocycles. The Bertz CT molecular complexity index is 404. The van der Waals surface area contributed by atoms with E-state index in [1.807, 2.05) is 12.1 Å². The molecule has 1 aromatic carbocycles. The second-order valence-corrected chi connectivity index (χ2v) is 6.92. The van der Waals surface area contributed by atoms with Gasteiger partial charge >= 0.3 is 0 Å². The predicted molar refractivity (Wildman–Crippen MR) is 94.1 cm³/mol. The number of hydrogen-bond acceptors (Lipinski definition) is 2. The van der Waals surface area contributed by atoms with Crippen molar-refractivity contribution in [2.75, 3.05) is 26.7 Å². The van der Waals surface area contributed by atoms with Crippen molar-refractivity contribution in [2.45, 2.75) is 46.6 Å². The largest absolute Gasteiger partial charge is 0.316 e. The van der Waals surface area contributed by atoms with Crippen LogP contribution in [-0.2, 0) is 0 Å². The van der Waals surface area contributed by atoms with E-state index in [4.69, 9.17) is 11.6 Å². The molecule has 0 fully saturated rings. The van der Waals surface area contributed by atoms with Gasteiger partial charge < -0.3 is 5.32 Å². The van der Waals surface area contributed by atoms with Crippen LogP contribution in [0.15, 0.2) is 24.3 Å². The van der Waals surface area contributed by atoms with Gasteiger partial charge in [0.25, 0.3) is 0 Å². The van der Waals surface area contributed by atoms with Crippen LogP contribution >= 0.6 is 11.6 Å². The third-order valence-corrected chi connectivity index (χ3v) is 4.73. The lowest BCUT2D eigenvalue weighted by molar-refractivity contribution is 0.148. The van der Waals surface area contributed by atoms with Gasteiger partial charge in [0.15, 0.2) is 0 Å². The van der Waals surface area contributed by atoms with E-state index in [2.05, 4.69) is 57.1 Å². The fourth-order valence-electron chi connectivity index (χ4n) is 2.59. The minimum atomic E-state index is 0.310. The molecule has 1 rings (SSSR count). The van der Waals surface area contributed by atoms with E-state index in [-0.39, 0.29) is 0 Å². The quantitative estimate of drug-likeness (QED) is 0.662. The van der Waals surface area contributed by atoms with Crippen LogP contribution in [0.2, 0.25) is 5.02 Å². The molecule has 3 heteroatoms. The highest BCUT2D eigenvalue weighted by atomic mass is 35.5. The summed E-state index contributed by atoms with van der Waals surface area (Å²) in [4.78, 5) is 2.44. The fraction of sp³-hybridized carbons (Fsp3) is 0.667. The first-order valence-electron chi connectivity index (χ1n) is 8.08. The summed E-state index contributed by atoms with van der Waals surface area (Å²) in [5.74, 6) is 0. The molecule has 0 saturated heterocycles. The van der Waals surface area contributed by atoms with Crippen LogP contribution in [0.1, 0.15) is 52.1 Å². The normalized spacial score (nSPS) is 16.0. The standard InChI is InChI=1S/C18H31ClN2/c1-6-12-20-13-18(4,7-2)14-21(5)15(3)16-8-10-17(19)11-9-16/h8-11,15,20H,6-7,12-14H2,1-5H3. The molecule has 0 aliphatic rings. The number of hydrogen-bond donors (Lipinski definition) is 1. The van der Waals surface area contributed by atoms with Crippen molar-refractivity contribution in [2.24, 2.45) is 5.41 Å². The Morgan fingerprint density at radius 3 is 2.38 bits per heavy atom. The number of halogens is 1. The van der Waals surface area contributed by atoms with E-state index in [0.717, 1.165) is 24.7 Å². The lowest BCUT2D eigenvalue weighted by Crippen LogP contribution is -2.41. The second kappa shape index (κ2) is 8.77. The minimum absolute atomic E-state index is 0.310. The number of benzene rings is 1. The van der Waals surface area contributed by atoms with Gasteiger partial charge in [-0.05, 0) is 56.5 Å². The van der Waals surface area contributed by atoms with Crippen molar-refractivity contribution in [3.8, 4) is 0 Å². The molecule has 1 N–H and O–H groups in total. The summed E-state index contributed by atoms with van der Waals surface area (Å²) < 4.78 is 0. The van der Waals surface area contributed by atoms with Gasteiger partial charge in [0.05, 0.1) is 0 Å². The first kappa shape index (κ1) is 18.5. The SMILES string of the molecule is CCCNCC(C)(CC)CN(C)C(C)c1ccc(Cl)cc1. The summed E-state index contributed by atoms with van der Waals surface area (Å²) in [7, 11) is 2.22. The van der Waals surface area contributed by atoms with Crippen LogP contribution < -0.4 is 5.32 Å². The summed E-state index contributed by atoms with van der Waals surface area (Å²) in [6.45, 7) is 12.4. The first-order chi connectivity index (χ1) is 9.91. The van der Waals surface area contributed by atoms with Gasteiger partial charge in [0, 0.05) is 24.2 Å². The average molecular weight is 311 g/mol. The lowest BCUT2D eigenvalue weighted by atomic mass is 9.86. The Morgan fingerprint density at radius 2 is 1.86 bits per heavy atom. The number of rotatable bonds is 9. The predicted octanol–water partition coefficient (Wildman–Crippen LogP) is 4.75. The van der Waals surface area contributed by atoms with Gasteiger partial charge in [-0.3, -0.25) is 4.90 Å². The molecule has 0 amide bonds. The Kier molecular flexibility index (Phi) is 7.72. The van der Waals surface area contributed by atoms with Crippen LogP contribution in [0.4, 0.5) is 0 Å². The van der Waals surface area contributed by atoms with Crippen molar-refractivity contribution in [3.63, 3.8) is 0 Å². The Hall–Kier alpha value is -0.570. The maximum absolute atomic E-state index is 5.97. The third-order valence-electron chi connectivity index (χ3n) is 4.48. The molecule has 21 heavy (non-hydrogen) atoms. The molecule has 2 unspecified atom stereocenters. The molecule has 120 valence electrons. The van der Waals surface area contributed by atoms with Crippen molar-refractivity contribution < 1.29 is 0 Å². The molecule has 1 aromatic rings. The van der Waals surface area contributed by atoms with Crippen molar-refractivity contribution >= 4 is 11.6 Å². The number of nitrogens with zero attached hydrogens (tertiary/aromatic N) is 1. The highest BCUT2D eigenvalue weighted by Crippen LogP contribution is 2.27. The van der Waals surface area contributed by atoms with E-state index in [0.29, 0.717) is 11.5 Å². The average Bonchev–Trinajstić information content (AvgIpc) is 2.47. The summed E-state index contributed by atoms with van der Waals surface area (Å²) in [5.41, 5.74) is 1.63. The van der Waals surface area contributed by atoms with E-state index < -0.39 is 0 Å². The van der Waals surface area contributed by atoms with Crippen molar-refractivity contribution in [1.82, 2.24) is 10.2 Å². The fourth-order valence-corrected chi connectivity index (χ4v) is 2.72. The van der Waals surface area contributed by atoms with Crippen LogP contribution in [-0.4, -0.2) is 31.6 Å². The van der Waals surface area contributed by atoms with E-state index in [1.54, 1.807) is 0 Å². The zero-order chi connectivity index (χ0) is 15.9. The summed E-state index contributed by atoms with van der Waals surface area (Å²) in [6.07, 6.45) is 2.37. The van der Waals surface area contributed by atoms with Gasteiger partial charge in [0.1, 0.15) is 0 Å². The summed E-state index contributed by atoms with van der Waals surface area (Å²) in [5, 5.41) is 4.38. The Morgan fingerprint density at radius 1 is 1.24 bits per heavy atom. The number of nitrogens with one attached hydrogen (secondary N) is 1. The molecule has 0 aliphatic heterocycles. The van der Waals surface area contributed by atoms with Crippen LogP contribution in [0.3, 0.4) is 0 Å². The highest BCUT2D eigenvalue weighted by molar-refractivity contribution is 6.30. The highest BCUT2D eigenvalue weighted by Gasteiger charge is 2.25. The third kappa shape index (κ3) is 5.98. The molecule has 0 saturated carbocycles. The van der Waals surface area contributed by atoms with Gasteiger partial charge in [-0.15, -0.1) is 0 Å². The van der Waals surface area contributed by atoms with Crippen molar-refractivity contribution in [3.05, 3.63) is 34.9 Å². The van der Waals surface area contributed by atoms with E-state index in [9.17, 15) is 0 Å². The Labute approximate surface area is 135 Å². The smallest absolute Gasteiger partial charge is 0.0406 e. The molecule has 0 spiro atoms. The maximum Gasteiger partial charge on any atom is 0.0406 e. The lowest BCUT2D eigenvalue weighted by Gasteiger charge is -2.36. The molecule has 0 aromatic heterocycles. The Balaban J connectivity index is 2.63. The topological polar surface area (TPSA) is 15.3 Å². The van der Waals surface area contributed by atoms with Crippen LogP contribution in [0.5, 0.6) is 0 Å². The van der Waals surface area contributed by atoms with Crippen LogP contribution in [0.25, 0.3) is 0 Å². The van der Waals surface area contributed by atoms with E-state index >= 15 is 0 Å². The molecule has 0 radical (unpaired) electrons. The van der Waals surface area contributed by atoms with Crippen LogP contribution in [0, 0.1) is 5.41 Å². The van der Waals surface area contributed by atoms with E-state index in [1.165, 1.54) is 18.4 Å². The van der Waals surface area contributed by atoms with Crippen molar-refractivity contribution in [1.29, 1.82) is 0 Å². The summed E-state index contributed by atoms with van der Waals surface area (Å²) >= 11 is 5.97. The monoisotopic (exact) mass is 310 g/mol. The maximum atomic E-state index is 5.97. The summed E-state index contributed by atoms with van der Waals surface area (Å²) in [6, 6.07) is 8.61. The van der Waals surface area contributed by atoms with Gasteiger partial charge in [-0.2, -0.15) is 0 Å². The van der Waals surface area contributed by atoms with Gasteiger partial charge in [0.2, 0.25) is 0 Å². The van der Waals surface area contributed by atoms with Gasteiger partial charge in [-0.25, -0.2) is 0 Å². The molecular formula is C18H31ClN2. The zero-order valence-electron chi connectivity index (χ0n) is 14.2.